The number of rotatable bonds is 1. The summed E-state index contributed by atoms with van der Waals surface area (Å²) in [5.41, 5.74) is 2.54. The lowest BCUT2D eigenvalue weighted by molar-refractivity contribution is -0.0708. The molecule has 4 aliphatic carbocycles. The van der Waals surface area contributed by atoms with Crippen molar-refractivity contribution in [1.29, 1.82) is 0 Å². The van der Waals surface area contributed by atoms with E-state index in [4.69, 9.17) is 4.74 Å². The number of methoxy groups -OCH3 is 1. The maximum Gasteiger partial charge on any atom is 0.0858 e. The molecule has 3 fully saturated rings. The molecule has 0 radical (unpaired) electrons. The number of hydrogen-bond donors (Lipinski definition) is 3. The van der Waals surface area contributed by atoms with Crippen LogP contribution in [0.15, 0.2) is 23.3 Å². The summed E-state index contributed by atoms with van der Waals surface area (Å²) in [6.07, 6.45) is 6.82. The maximum absolute atomic E-state index is 10.5. The number of ether oxygens (including phenoxy) is 1. The summed E-state index contributed by atoms with van der Waals surface area (Å²) in [5.74, 6) is 0.682. The van der Waals surface area contributed by atoms with Gasteiger partial charge < -0.3 is 20.1 Å². The van der Waals surface area contributed by atoms with Crippen LogP contribution in [0, 0.1) is 22.7 Å². The summed E-state index contributed by atoms with van der Waals surface area (Å²) in [7, 11) is 1.69. The first-order chi connectivity index (χ1) is 11.3. The molecule has 24 heavy (non-hydrogen) atoms. The second-order valence-corrected chi connectivity index (χ2v) is 8.92. The van der Waals surface area contributed by atoms with Crippen molar-refractivity contribution in [2.24, 2.45) is 22.7 Å². The van der Waals surface area contributed by atoms with Gasteiger partial charge >= 0.3 is 0 Å². The summed E-state index contributed by atoms with van der Waals surface area (Å²) in [6, 6.07) is 0. The molecule has 0 bridgehead atoms. The van der Waals surface area contributed by atoms with Crippen LogP contribution >= 0.6 is 0 Å². The Kier molecular flexibility index (Phi) is 3.78. The van der Waals surface area contributed by atoms with Crippen LogP contribution in [0.25, 0.3) is 0 Å². The van der Waals surface area contributed by atoms with Gasteiger partial charge in [-0.3, -0.25) is 0 Å². The van der Waals surface area contributed by atoms with Crippen molar-refractivity contribution in [3.8, 4) is 0 Å². The Balaban J connectivity index is 1.72. The highest BCUT2D eigenvalue weighted by Crippen LogP contribution is 2.63. The first-order valence-corrected chi connectivity index (χ1v) is 9.29. The maximum atomic E-state index is 10.5. The molecule has 0 heterocycles. The fourth-order valence-electron chi connectivity index (χ4n) is 6.24. The number of aliphatic hydroxyl groups is 3. The van der Waals surface area contributed by atoms with Gasteiger partial charge in [-0.15, -0.1) is 0 Å². The molecule has 134 valence electrons. The summed E-state index contributed by atoms with van der Waals surface area (Å²) in [4.78, 5) is 0. The Morgan fingerprint density at radius 2 is 1.83 bits per heavy atom. The molecule has 4 heteroatoms. The van der Waals surface area contributed by atoms with E-state index in [1.807, 2.05) is 0 Å². The van der Waals surface area contributed by atoms with Crippen molar-refractivity contribution >= 4 is 0 Å². The molecule has 0 aliphatic heterocycles. The van der Waals surface area contributed by atoms with Gasteiger partial charge in [0.25, 0.3) is 0 Å². The van der Waals surface area contributed by atoms with Gasteiger partial charge in [0.15, 0.2) is 0 Å². The van der Waals surface area contributed by atoms with E-state index in [0.29, 0.717) is 18.8 Å². The molecule has 4 nitrogen and oxygen atoms in total. The Hall–Kier alpha value is -0.680. The second kappa shape index (κ2) is 5.41. The van der Waals surface area contributed by atoms with E-state index < -0.39 is 18.3 Å². The molecule has 0 spiro atoms. The summed E-state index contributed by atoms with van der Waals surface area (Å²) in [6.45, 7) is 4.46. The topological polar surface area (TPSA) is 69.9 Å². The monoisotopic (exact) mass is 334 g/mol. The van der Waals surface area contributed by atoms with Crippen molar-refractivity contribution in [3.63, 3.8) is 0 Å². The highest BCUT2D eigenvalue weighted by Gasteiger charge is 2.59. The molecule has 8 atom stereocenters. The van der Waals surface area contributed by atoms with Gasteiger partial charge in [-0.1, -0.05) is 37.1 Å². The Labute approximate surface area is 144 Å². The third kappa shape index (κ3) is 2.06. The third-order valence-corrected chi connectivity index (χ3v) is 7.86. The van der Waals surface area contributed by atoms with Crippen molar-refractivity contribution in [1.82, 2.24) is 0 Å². The first-order valence-electron chi connectivity index (χ1n) is 9.29. The van der Waals surface area contributed by atoms with Crippen molar-refractivity contribution in [2.45, 2.75) is 70.4 Å². The van der Waals surface area contributed by atoms with Crippen LogP contribution in [0.1, 0.15) is 46.0 Å². The van der Waals surface area contributed by atoms with E-state index in [1.54, 1.807) is 7.11 Å². The normalized spacial score (nSPS) is 53.6. The molecule has 0 aromatic rings. The predicted octanol–water partition coefficient (Wildman–Crippen LogP) is 2.19. The van der Waals surface area contributed by atoms with Crippen LogP contribution in [0.5, 0.6) is 0 Å². The minimum Gasteiger partial charge on any atom is -0.390 e. The molecule has 4 aliphatic rings. The standard InChI is InChI=1S/C20H30O4/c1-19-7-6-13-12(14(19)9-16(22)18(19)23)5-4-11-8-15(21)17(24-3)10-20(11,13)2/h4-5,13-18,21-23H,6-10H2,1-3H3/t13-,14+,15?,16?,17?,18?,19+,20+/m1/s1. The van der Waals surface area contributed by atoms with E-state index in [2.05, 4.69) is 26.0 Å². The van der Waals surface area contributed by atoms with Gasteiger partial charge in [0.05, 0.1) is 24.4 Å². The molecule has 3 saturated carbocycles. The smallest absolute Gasteiger partial charge is 0.0858 e. The van der Waals surface area contributed by atoms with Gasteiger partial charge in [-0.2, -0.15) is 0 Å². The van der Waals surface area contributed by atoms with Crippen molar-refractivity contribution in [2.75, 3.05) is 7.11 Å². The van der Waals surface area contributed by atoms with E-state index in [0.717, 1.165) is 19.3 Å². The zero-order valence-corrected chi connectivity index (χ0v) is 14.9. The van der Waals surface area contributed by atoms with Crippen LogP contribution in [-0.4, -0.2) is 46.8 Å². The second-order valence-electron chi connectivity index (χ2n) is 8.92. The quantitative estimate of drug-likeness (QED) is 0.687. The van der Waals surface area contributed by atoms with Gasteiger partial charge in [0.1, 0.15) is 0 Å². The molecule has 0 aromatic carbocycles. The molecule has 0 aromatic heterocycles. The van der Waals surface area contributed by atoms with Crippen LogP contribution in [0.4, 0.5) is 0 Å². The van der Waals surface area contributed by atoms with Crippen LogP contribution in [-0.2, 0) is 4.74 Å². The first kappa shape index (κ1) is 16.8. The van der Waals surface area contributed by atoms with Gasteiger partial charge in [-0.25, -0.2) is 0 Å². The predicted molar refractivity (Wildman–Crippen MR) is 91.3 cm³/mol. The van der Waals surface area contributed by atoms with E-state index in [-0.39, 0.29) is 22.9 Å². The summed E-state index contributed by atoms with van der Waals surface area (Å²) in [5, 5.41) is 31.1. The molecular weight excluding hydrogens is 304 g/mol. The Morgan fingerprint density at radius 3 is 2.54 bits per heavy atom. The van der Waals surface area contributed by atoms with Crippen molar-refractivity contribution in [3.05, 3.63) is 23.3 Å². The molecule has 0 amide bonds. The SMILES string of the molecule is COC1C[C@@]2(C)C(=CC=C3[C@H]2CC[C@]2(C)C(O)C(O)C[C@@H]32)CC1O. The lowest BCUT2D eigenvalue weighted by Gasteiger charge is -2.55. The molecule has 4 unspecified atom stereocenters. The molecular formula is C20H30O4. The van der Waals surface area contributed by atoms with Gasteiger partial charge in [0.2, 0.25) is 0 Å². The lowest BCUT2D eigenvalue weighted by Crippen LogP contribution is -2.50. The van der Waals surface area contributed by atoms with Crippen molar-refractivity contribution < 1.29 is 20.1 Å². The van der Waals surface area contributed by atoms with Crippen LogP contribution in [0.2, 0.25) is 0 Å². The van der Waals surface area contributed by atoms with Crippen LogP contribution < -0.4 is 0 Å². The fourth-order valence-corrected chi connectivity index (χ4v) is 6.24. The van der Waals surface area contributed by atoms with Crippen LogP contribution in [0.3, 0.4) is 0 Å². The van der Waals surface area contributed by atoms with E-state index >= 15 is 0 Å². The Bertz CT molecular complexity index is 596. The lowest BCUT2D eigenvalue weighted by atomic mass is 9.51. The Morgan fingerprint density at radius 1 is 1.08 bits per heavy atom. The molecule has 3 N–H and O–H groups in total. The highest BCUT2D eigenvalue weighted by molar-refractivity contribution is 5.39. The zero-order chi connectivity index (χ0) is 17.3. The van der Waals surface area contributed by atoms with Gasteiger partial charge in [-0.05, 0) is 49.4 Å². The number of fused-ring (bicyclic) bond motifs is 5. The average Bonchev–Trinajstić information content (AvgIpc) is 2.78. The van der Waals surface area contributed by atoms with E-state index in [1.165, 1.54) is 11.1 Å². The average molecular weight is 334 g/mol. The molecule has 0 saturated heterocycles. The minimum atomic E-state index is -0.623. The summed E-state index contributed by atoms with van der Waals surface area (Å²) >= 11 is 0. The highest BCUT2D eigenvalue weighted by atomic mass is 16.5. The van der Waals surface area contributed by atoms with Gasteiger partial charge in [0, 0.05) is 12.5 Å². The third-order valence-electron chi connectivity index (χ3n) is 7.86. The summed E-state index contributed by atoms with van der Waals surface area (Å²) < 4.78 is 5.56. The van der Waals surface area contributed by atoms with E-state index in [9.17, 15) is 15.3 Å². The minimum absolute atomic E-state index is 0.0177. The largest absolute Gasteiger partial charge is 0.390 e. The number of allylic oxidation sites excluding steroid dienone is 3. The zero-order valence-electron chi connectivity index (χ0n) is 14.9. The number of hydrogen-bond acceptors (Lipinski definition) is 4. The fraction of sp³-hybridized carbons (Fsp3) is 0.800. The number of aliphatic hydroxyl groups excluding tert-OH is 3. The molecule has 4 rings (SSSR count).